The molecule has 0 fully saturated rings. The summed E-state index contributed by atoms with van der Waals surface area (Å²) in [4.78, 5) is 16.1. The van der Waals surface area contributed by atoms with Gasteiger partial charge < -0.3 is 15.1 Å². The van der Waals surface area contributed by atoms with E-state index in [1.165, 1.54) is 0 Å². The summed E-state index contributed by atoms with van der Waals surface area (Å²) in [5.74, 6) is 0.793. The highest BCUT2D eigenvalue weighted by Crippen LogP contribution is 2.01. The van der Waals surface area contributed by atoms with Crippen molar-refractivity contribution in [1.82, 2.24) is 15.1 Å². The molecule has 0 atom stereocenters. The normalized spacial score (nSPS) is 11.2. The van der Waals surface area contributed by atoms with Gasteiger partial charge in [-0.05, 0) is 26.6 Å². The average Bonchev–Trinajstić information content (AvgIpc) is 2.23. The molecule has 1 N–H and O–H groups in total. The van der Waals surface area contributed by atoms with Crippen LogP contribution in [0.5, 0.6) is 0 Å². The lowest BCUT2D eigenvalue weighted by molar-refractivity contribution is -0.131. The molecule has 0 spiro atoms. The quantitative estimate of drug-likeness (QED) is 0.615. The van der Waals surface area contributed by atoms with Crippen molar-refractivity contribution >= 4 is 5.91 Å². The van der Waals surface area contributed by atoms with Crippen molar-refractivity contribution in [1.29, 1.82) is 0 Å². The first kappa shape index (κ1) is 16.4. The van der Waals surface area contributed by atoms with E-state index in [2.05, 4.69) is 31.0 Å². The van der Waals surface area contributed by atoms with Gasteiger partial charge in [-0.1, -0.05) is 20.8 Å². The van der Waals surface area contributed by atoms with Crippen LogP contribution in [0.25, 0.3) is 0 Å². The van der Waals surface area contributed by atoms with Crippen molar-refractivity contribution in [2.45, 2.75) is 27.2 Å². The highest BCUT2D eigenvalue weighted by atomic mass is 16.2. The fraction of sp³-hybridized carbons (Fsp3) is 0.923. The molecule has 0 heterocycles. The van der Waals surface area contributed by atoms with Crippen LogP contribution in [0.15, 0.2) is 0 Å². The van der Waals surface area contributed by atoms with Gasteiger partial charge in [0, 0.05) is 32.6 Å². The molecule has 0 aromatic rings. The molecule has 0 aromatic carbocycles. The molecule has 0 aliphatic rings. The van der Waals surface area contributed by atoms with Crippen molar-refractivity contribution in [3.05, 3.63) is 0 Å². The van der Waals surface area contributed by atoms with Crippen LogP contribution in [0.3, 0.4) is 0 Å². The Labute approximate surface area is 106 Å². The van der Waals surface area contributed by atoms with E-state index < -0.39 is 0 Å². The summed E-state index contributed by atoms with van der Waals surface area (Å²) in [5, 5.41) is 3.19. The van der Waals surface area contributed by atoms with E-state index in [-0.39, 0.29) is 5.91 Å². The molecule has 0 radical (unpaired) electrons. The Hall–Kier alpha value is -0.610. The standard InChI is InChI=1S/C13H29N3O/c1-6-14-8-7-13(17)16(11-12(2)3)10-9-15(4)5/h12,14H,6-11H2,1-5H3. The van der Waals surface area contributed by atoms with Crippen molar-refractivity contribution < 1.29 is 4.79 Å². The summed E-state index contributed by atoms with van der Waals surface area (Å²) in [6.07, 6.45) is 0.605. The van der Waals surface area contributed by atoms with Gasteiger partial charge in [-0.15, -0.1) is 0 Å². The van der Waals surface area contributed by atoms with Gasteiger partial charge in [-0.3, -0.25) is 4.79 Å². The lowest BCUT2D eigenvalue weighted by Gasteiger charge is -2.26. The van der Waals surface area contributed by atoms with E-state index in [4.69, 9.17) is 0 Å². The summed E-state index contributed by atoms with van der Waals surface area (Å²) >= 11 is 0. The number of nitrogens with zero attached hydrogens (tertiary/aromatic N) is 2. The maximum absolute atomic E-state index is 12.0. The number of nitrogens with one attached hydrogen (secondary N) is 1. The van der Waals surface area contributed by atoms with Gasteiger partial charge in [0.1, 0.15) is 0 Å². The molecule has 17 heavy (non-hydrogen) atoms. The van der Waals surface area contributed by atoms with Crippen LogP contribution in [-0.4, -0.2) is 62.5 Å². The van der Waals surface area contributed by atoms with Gasteiger partial charge in [0.15, 0.2) is 0 Å². The number of hydrogen-bond donors (Lipinski definition) is 1. The van der Waals surface area contributed by atoms with Crippen LogP contribution in [0.4, 0.5) is 0 Å². The molecule has 0 aliphatic heterocycles. The molecular weight excluding hydrogens is 214 g/mol. The highest BCUT2D eigenvalue weighted by Gasteiger charge is 2.14. The van der Waals surface area contributed by atoms with E-state index in [0.29, 0.717) is 12.3 Å². The topological polar surface area (TPSA) is 35.6 Å². The Bertz CT molecular complexity index is 205. The van der Waals surface area contributed by atoms with Crippen molar-refractivity contribution in [3.63, 3.8) is 0 Å². The Balaban J connectivity index is 4.10. The zero-order valence-corrected chi connectivity index (χ0v) is 12.1. The molecule has 0 unspecified atom stereocenters. The first-order valence-corrected chi connectivity index (χ1v) is 6.60. The first-order chi connectivity index (χ1) is 7.97. The van der Waals surface area contributed by atoms with Crippen molar-refractivity contribution in [2.75, 3.05) is 46.8 Å². The van der Waals surface area contributed by atoms with E-state index in [1.54, 1.807) is 0 Å². The molecule has 0 saturated heterocycles. The lowest BCUT2D eigenvalue weighted by Crippen LogP contribution is -2.40. The minimum atomic E-state index is 0.265. The minimum absolute atomic E-state index is 0.265. The van der Waals surface area contributed by atoms with Gasteiger partial charge in [-0.2, -0.15) is 0 Å². The zero-order chi connectivity index (χ0) is 13.3. The van der Waals surface area contributed by atoms with Gasteiger partial charge in [-0.25, -0.2) is 0 Å². The number of hydrogen-bond acceptors (Lipinski definition) is 3. The second kappa shape index (κ2) is 9.42. The molecule has 0 aromatic heterocycles. The monoisotopic (exact) mass is 243 g/mol. The Morgan fingerprint density at radius 3 is 2.35 bits per heavy atom. The molecule has 0 rings (SSSR count). The summed E-state index contributed by atoms with van der Waals surface area (Å²) in [6.45, 7) is 10.7. The van der Waals surface area contributed by atoms with Crippen LogP contribution in [0, 0.1) is 5.92 Å². The molecular formula is C13H29N3O. The Morgan fingerprint density at radius 1 is 1.24 bits per heavy atom. The van der Waals surface area contributed by atoms with Crippen molar-refractivity contribution in [2.24, 2.45) is 5.92 Å². The third-order valence-corrected chi connectivity index (χ3v) is 2.52. The fourth-order valence-electron chi connectivity index (χ4n) is 1.61. The largest absolute Gasteiger partial charge is 0.341 e. The lowest BCUT2D eigenvalue weighted by atomic mass is 10.2. The SMILES string of the molecule is CCNCCC(=O)N(CCN(C)C)CC(C)C. The maximum atomic E-state index is 12.0. The highest BCUT2D eigenvalue weighted by molar-refractivity contribution is 5.76. The molecule has 4 heteroatoms. The second-order valence-corrected chi connectivity index (χ2v) is 5.14. The summed E-state index contributed by atoms with van der Waals surface area (Å²) in [5.41, 5.74) is 0. The van der Waals surface area contributed by atoms with Gasteiger partial charge >= 0.3 is 0 Å². The first-order valence-electron chi connectivity index (χ1n) is 6.60. The molecule has 1 amide bonds. The predicted molar refractivity (Wildman–Crippen MR) is 73.1 cm³/mol. The molecule has 0 aliphatic carbocycles. The maximum Gasteiger partial charge on any atom is 0.223 e. The third-order valence-electron chi connectivity index (χ3n) is 2.52. The van der Waals surface area contributed by atoms with Crippen LogP contribution < -0.4 is 5.32 Å². The van der Waals surface area contributed by atoms with E-state index >= 15 is 0 Å². The number of amides is 1. The average molecular weight is 243 g/mol. The van der Waals surface area contributed by atoms with E-state index in [1.807, 2.05) is 19.0 Å². The van der Waals surface area contributed by atoms with Crippen LogP contribution in [0.1, 0.15) is 27.2 Å². The number of carbonyl (C=O) groups is 1. The zero-order valence-electron chi connectivity index (χ0n) is 12.1. The predicted octanol–water partition coefficient (Wildman–Crippen LogP) is 1.03. The molecule has 102 valence electrons. The summed E-state index contributed by atoms with van der Waals surface area (Å²) in [6, 6.07) is 0. The molecule has 0 bridgehead atoms. The van der Waals surface area contributed by atoms with E-state index in [9.17, 15) is 4.79 Å². The number of likely N-dealkylation sites (N-methyl/N-ethyl adjacent to an activating group) is 1. The van der Waals surface area contributed by atoms with E-state index in [0.717, 1.165) is 32.7 Å². The van der Waals surface area contributed by atoms with Crippen molar-refractivity contribution in [3.8, 4) is 0 Å². The smallest absolute Gasteiger partial charge is 0.223 e. The van der Waals surface area contributed by atoms with Gasteiger partial charge in [0.05, 0.1) is 0 Å². The number of carbonyl (C=O) groups excluding carboxylic acids is 1. The molecule has 0 saturated carbocycles. The minimum Gasteiger partial charge on any atom is -0.341 e. The summed E-state index contributed by atoms with van der Waals surface area (Å²) < 4.78 is 0. The Morgan fingerprint density at radius 2 is 1.88 bits per heavy atom. The third kappa shape index (κ3) is 9.12. The van der Waals surface area contributed by atoms with Crippen LogP contribution in [-0.2, 0) is 4.79 Å². The second-order valence-electron chi connectivity index (χ2n) is 5.14. The molecule has 4 nitrogen and oxygen atoms in total. The number of rotatable bonds is 9. The fourth-order valence-corrected chi connectivity index (χ4v) is 1.61. The van der Waals surface area contributed by atoms with Crippen LogP contribution in [0.2, 0.25) is 0 Å². The Kier molecular flexibility index (Phi) is 9.09. The van der Waals surface area contributed by atoms with Crippen LogP contribution >= 0.6 is 0 Å². The van der Waals surface area contributed by atoms with Gasteiger partial charge in [0.2, 0.25) is 5.91 Å². The summed E-state index contributed by atoms with van der Waals surface area (Å²) in [7, 11) is 4.08. The van der Waals surface area contributed by atoms with Gasteiger partial charge in [0.25, 0.3) is 0 Å².